The molecular formula is C20H22N4O2. The Kier molecular flexibility index (Phi) is 5.76. The standard InChI is InChI=1S/C20H22N4O2/c1-15(10-12-26-2)22-20(25)18-14-24(17-8-4-3-5-9-17)23-19(18)16-7-6-11-21-13-16/h3-9,11,13-15H,10,12H2,1-2H3,(H,22,25). The highest BCUT2D eigenvalue weighted by Gasteiger charge is 2.20. The molecule has 6 nitrogen and oxygen atoms in total. The molecule has 3 aromatic rings. The first-order valence-corrected chi connectivity index (χ1v) is 8.54. The molecule has 1 atom stereocenters. The number of benzene rings is 1. The van der Waals surface area contributed by atoms with Crippen molar-refractivity contribution in [2.45, 2.75) is 19.4 Å². The van der Waals surface area contributed by atoms with E-state index in [-0.39, 0.29) is 11.9 Å². The van der Waals surface area contributed by atoms with Crippen LogP contribution in [0.5, 0.6) is 0 Å². The van der Waals surface area contributed by atoms with Gasteiger partial charge in [0.15, 0.2) is 0 Å². The Hall–Kier alpha value is -2.99. The molecule has 0 aliphatic carbocycles. The lowest BCUT2D eigenvalue weighted by atomic mass is 10.1. The average Bonchev–Trinajstić information content (AvgIpc) is 3.13. The van der Waals surface area contributed by atoms with Crippen molar-refractivity contribution in [1.29, 1.82) is 0 Å². The van der Waals surface area contributed by atoms with Gasteiger partial charge in [0.2, 0.25) is 0 Å². The number of pyridine rings is 1. The Morgan fingerprint density at radius 1 is 1.23 bits per heavy atom. The van der Waals surface area contributed by atoms with Gasteiger partial charge in [-0.2, -0.15) is 5.10 Å². The summed E-state index contributed by atoms with van der Waals surface area (Å²) in [5.74, 6) is -0.158. The van der Waals surface area contributed by atoms with E-state index in [1.165, 1.54) is 0 Å². The number of nitrogens with one attached hydrogen (secondary N) is 1. The van der Waals surface area contributed by atoms with Gasteiger partial charge in [0.05, 0.1) is 11.3 Å². The quantitative estimate of drug-likeness (QED) is 0.711. The fourth-order valence-electron chi connectivity index (χ4n) is 2.64. The Morgan fingerprint density at radius 2 is 2.04 bits per heavy atom. The SMILES string of the molecule is COCCC(C)NC(=O)c1cn(-c2ccccc2)nc1-c1cccnc1. The number of carbonyl (C=O) groups excluding carboxylic acids is 1. The molecule has 2 heterocycles. The molecule has 26 heavy (non-hydrogen) atoms. The fraction of sp³-hybridized carbons (Fsp3) is 0.250. The van der Waals surface area contributed by atoms with Gasteiger partial charge < -0.3 is 10.1 Å². The van der Waals surface area contributed by atoms with E-state index in [9.17, 15) is 4.79 Å². The zero-order valence-corrected chi connectivity index (χ0v) is 14.9. The van der Waals surface area contributed by atoms with Crippen molar-refractivity contribution in [3.63, 3.8) is 0 Å². The maximum Gasteiger partial charge on any atom is 0.255 e. The molecule has 0 bridgehead atoms. The second-order valence-corrected chi connectivity index (χ2v) is 6.07. The molecule has 1 unspecified atom stereocenters. The monoisotopic (exact) mass is 350 g/mol. The summed E-state index contributed by atoms with van der Waals surface area (Å²) in [7, 11) is 1.65. The van der Waals surface area contributed by atoms with E-state index in [1.54, 1.807) is 30.4 Å². The van der Waals surface area contributed by atoms with Crippen molar-refractivity contribution < 1.29 is 9.53 Å². The minimum absolute atomic E-state index is 0.00396. The molecule has 3 rings (SSSR count). The van der Waals surface area contributed by atoms with Gasteiger partial charge in [-0.25, -0.2) is 4.68 Å². The van der Waals surface area contributed by atoms with E-state index in [0.29, 0.717) is 17.9 Å². The smallest absolute Gasteiger partial charge is 0.255 e. The summed E-state index contributed by atoms with van der Waals surface area (Å²) in [5.41, 5.74) is 2.82. The number of para-hydroxylation sites is 1. The summed E-state index contributed by atoms with van der Waals surface area (Å²) in [4.78, 5) is 17.0. The Labute approximate surface area is 152 Å². The van der Waals surface area contributed by atoms with Crippen LogP contribution in [0, 0.1) is 0 Å². The number of hydrogen-bond donors (Lipinski definition) is 1. The zero-order valence-electron chi connectivity index (χ0n) is 14.9. The van der Waals surface area contributed by atoms with Crippen LogP contribution in [-0.4, -0.2) is 40.4 Å². The molecule has 0 saturated heterocycles. The van der Waals surface area contributed by atoms with Gasteiger partial charge >= 0.3 is 0 Å². The number of rotatable bonds is 7. The highest BCUT2D eigenvalue weighted by atomic mass is 16.5. The first-order valence-electron chi connectivity index (χ1n) is 8.54. The van der Waals surface area contributed by atoms with E-state index in [0.717, 1.165) is 17.7 Å². The first kappa shape index (κ1) is 17.8. The molecule has 1 aromatic carbocycles. The molecule has 0 aliphatic rings. The molecule has 0 radical (unpaired) electrons. The first-order chi connectivity index (χ1) is 12.7. The van der Waals surface area contributed by atoms with E-state index in [1.807, 2.05) is 49.4 Å². The summed E-state index contributed by atoms with van der Waals surface area (Å²) >= 11 is 0. The van der Waals surface area contributed by atoms with Crippen LogP contribution in [0.3, 0.4) is 0 Å². The number of ether oxygens (including phenoxy) is 1. The third-order valence-corrected chi connectivity index (χ3v) is 4.05. The van der Waals surface area contributed by atoms with Crippen molar-refractivity contribution in [2.75, 3.05) is 13.7 Å². The topological polar surface area (TPSA) is 69.0 Å². The highest BCUT2D eigenvalue weighted by molar-refractivity contribution is 6.00. The predicted octanol–water partition coefficient (Wildman–Crippen LogP) is 3.09. The van der Waals surface area contributed by atoms with Gasteiger partial charge in [0.1, 0.15) is 5.69 Å². The summed E-state index contributed by atoms with van der Waals surface area (Å²) in [6.45, 7) is 2.56. The molecule has 0 saturated carbocycles. The lowest BCUT2D eigenvalue weighted by Crippen LogP contribution is -2.33. The van der Waals surface area contributed by atoms with E-state index >= 15 is 0 Å². The number of nitrogens with zero attached hydrogens (tertiary/aromatic N) is 3. The average molecular weight is 350 g/mol. The third kappa shape index (κ3) is 4.15. The second kappa shape index (κ2) is 8.40. The number of aromatic nitrogens is 3. The van der Waals surface area contributed by atoms with Gasteiger partial charge in [-0.05, 0) is 37.6 Å². The number of amides is 1. The Bertz CT molecular complexity index is 847. The molecule has 6 heteroatoms. The second-order valence-electron chi connectivity index (χ2n) is 6.07. The van der Waals surface area contributed by atoms with Crippen LogP contribution in [0.4, 0.5) is 0 Å². The van der Waals surface area contributed by atoms with Crippen molar-refractivity contribution in [2.24, 2.45) is 0 Å². The maximum atomic E-state index is 12.8. The van der Waals surface area contributed by atoms with Gasteiger partial charge in [-0.15, -0.1) is 0 Å². The summed E-state index contributed by atoms with van der Waals surface area (Å²) in [6.07, 6.45) is 5.92. The molecule has 2 aromatic heterocycles. The third-order valence-electron chi connectivity index (χ3n) is 4.05. The minimum atomic E-state index is -0.158. The van der Waals surface area contributed by atoms with Crippen LogP contribution in [0.1, 0.15) is 23.7 Å². The molecule has 0 fully saturated rings. The van der Waals surface area contributed by atoms with Crippen molar-refractivity contribution in [3.8, 4) is 16.9 Å². The number of hydrogen-bond acceptors (Lipinski definition) is 4. The van der Waals surface area contributed by atoms with Crippen LogP contribution < -0.4 is 5.32 Å². The van der Waals surface area contributed by atoms with Crippen LogP contribution in [0.2, 0.25) is 0 Å². The number of methoxy groups -OCH3 is 1. The van der Waals surface area contributed by atoms with Gasteiger partial charge in [-0.1, -0.05) is 18.2 Å². The van der Waals surface area contributed by atoms with Crippen LogP contribution in [0.15, 0.2) is 61.1 Å². The molecular weight excluding hydrogens is 328 g/mol. The van der Waals surface area contributed by atoms with Crippen LogP contribution in [0.25, 0.3) is 16.9 Å². The lowest BCUT2D eigenvalue weighted by Gasteiger charge is -2.13. The largest absolute Gasteiger partial charge is 0.385 e. The summed E-state index contributed by atoms with van der Waals surface area (Å²) in [6, 6.07) is 13.5. The Balaban J connectivity index is 1.94. The van der Waals surface area contributed by atoms with E-state index in [2.05, 4.69) is 15.4 Å². The predicted molar refractivity (Wildman–Crippen MR) is 100 cm³/mol. The van der Waals surface area contributed by atoms with Crippen LogP contribution >= 0.6 is 0 Å². The Morgan fingerprint density at radius 3 is 2.73 bits per heavy atom. The minimum Gasteiger partial charge on any atom is -0.385 e. The highest BCUT2D eigenvalue weighted by Crippen LogP contribution is 2.23. The zero-order chi connectivity index (χ0) is 18.4. The van der Waals surface area contributed by atoms with Gasteiger partial charge in [-0.3, -0.25) is 9.78 Å². The lowest BCUT2D eigenvalue weighted by molar-refractivity contribution is 0.0930. The molecule has 134 valence electrons. The van der Waals surface area contributed by atoms with Gasteiger partial charge in [0.25, 0.3) is 5.91 Å². The maximum absolute atomic E-state index is 12.8. The molecule has 1 amide bonds. The number of carbonyl (C=O) groups is 1. The normalized spacial score (nSPS) is 11.9. The fourth-order valence-corrected chi connectivity index (χ4v) is 2.64. The summed E-state index contributed by atoms with van der Waals surface area (Å²) in [5, 5.41) is 7.65. The molecule has 1 N–H and O–H groups in total. The summed E-state index contributed by atoms with van der Waals surface area (Å²) < 4.78 is 6.80. The van der Waals surface area contributed by atoms with E-state index < -0.39 is 0 Å². The van der Waals surface area contributed by atoms with Crippen LogP contribution in [-0.2, 0) is 4.74 Å². The van der Waals surface area contributed by atoms with Crippen molar-refractivity contribution in [3.05, 3.63) is 66.6 Å². The van der Waals surface area contributed by atoms with E-state index in [4.69, 9.17) is 4.74 Å². The molecule has 0 spiro atoms. The van der Waals surface area contributed by atoms with Crippen molar-refractivity contribution >= 4 is 5.91 Å². The van der Waals surface area contributed by atoms with Crippen molar-refractivity contribution in [1.82, 2.24) is 20.1 Å². The molecule has 0 aliphatic heterocycles. The van der Waals surface area contributed by atoms with Gasteiger partial charge in [0, 0.05) is 43.9 Å².